The first-order valence-electron chi connectivity index (χ1n) is 3.83. The van der Waals surface area contributed by atoms with Gasteiger partial charge in [-0.15, -0.1) is 0 Å². The van der Waals surface area contributed by atoms with Gasteiger partial charge in [-0.3, -0.25) is 0 Å². The summed E-state index contributed by atoms with van der Waals surface area (Å²) >= 11 is 0. The second kappa shape index (κ2) is 4.18. The van der Waals surface area contributed by atoms with Crippen LogP contribution in [0, 0.1) is 0 Å². The zero-order valence-corrected chi connectivity index (χ0v) is 6.65. The van der Waals surface area contributed by atoms with Gasteiger partial charge in [-0.05, 0) is 5.56 Å². The third-order valence-electron chi connectivity index (χ3n) is 1.61. The molecule has 0 aliphatic rings. The van der Waals surface area contributed by atoms with E-state index in [0.717, 1.165) is 0 Å². The van der Waals surface area contributed by atoms with E-state index in [2.05, 4.69) is 0 Å². The lowest BCUT2D eigenvalue weighted by Gasteiger charge is -2.09. The molecule has 0 aliphatic carbocycles. The van der Waals surface area contributed by atoms with Crippen LogP contribution in [0.15, 0.2) is 30.3 Å². The van der Waals surface area contributed by atoms with Crippen LogP contribution >= 0.6 is 0 Å². The summed E-state index contributed by atoms with van der Waals surface area (Å²) in [6.45, 7) is 0. The van der Waals surface area contributed by atoms with Crippen molar-refractivity contribution >= 4 is 0 Å². The Morgan fingerprint density at radius 3 is 2.42 bits per heavy atom. The summed E-state index contributed by atoms with van der Waals surface area (Å²) < 4.78 is 13.1. The van der Waals surface area contributed by atoms with Crippen LogP contribution in [0.5, 0.6) is 0 Å². The van der Waals surface area contributed by atoms with E-state index in [1.807, 2.05) is 6.07 Å². The van der Waals surface area contributed by atoms with Crippen LogP contribution in [0.1, 0.15) is 18.2 Å². The van der Waals surface area contributed by atoms with Gasteiger partial charge < -0.3 is 10.8 Å². The zero-order chi connectivity index (χ0) is 8.97. The topological polar surface area (TPSA) is 46.2 Å². The summed E-state index contributed by atoms with van der Waals surface area (Å²) in [6, 6.07) is 8.67. The molecule has 2 atom stereocenters. The molecule has 12 heavy (non-hydrogen) atoms. The monoisotopic (exact) mass is 169 g/mol. The minimum atomic E-state index is -1.17. The van der Waals surface area contributed by atoms with E-state index in [9.17, 15) is 4.39 Å². The Morgan fingerprint density at radius 1 is 1.33 bits per heavy atom. The molecule has 0 aromatic heterocycles. The number of hydrogen-bond acceptors (Lipinski definition) is 2. The summed E-state index contributed by atoms with van der Waals surface area (Å²) in [5.74, 6) is 0. The van der Waals surface area contributed by atoms with Crippen LogP contribution in [-0.2, 0) is 0 Å². The highest BCUT2D eigenvalue weighted by molar-refractivity contribution is 5.17. The second-order valence-corrected chi connectivity index (χ2v) is 2.68. The Labute approximate surface area is 70.8 Å². The minimum Gasteiger partial charge on any atom is -0.379 e. The molecular formula is C9H12FNO. The highest BCUT2D eigenvalue weighted by Crippen LogP contribution is 2.20. The second-order valence-electron chi connectivity index (χ2n) is 2.68. The van der Waals surface area contributed by atoms with Gasteiger partial charge >= 0.3 is 0 Å². The van der Waals surface area contributed by atoms with Gasteiger partial charge in [0, 0.05) is 6.42 Å². The molecule has 3 heteroatoms. The van der Waals surface area contributed by atoms with Crippen LogP contribution < -0.4 is 5.73 Å². The molecule has 2 unspecified atom stereocenters. The number of aliphatic hydroxyl groups is 1. The maximum Gasteiger partial charge on any atom is 0.129 e. The van der Waals surface area contributed by atoms with Crippen molar-refractivity contribution < 1.29 is 9.50 Å². The highest BCUT2D eigenvalue weighted by Gasteiger charge is 2.11. The van der Waals surface area contributed by atoms with E-state index in [-0.39, 0.29) is 6.42 Å². The Bertz CT molecular complexity index is 225. The first-order chi connectivity index (χ1) is 5.70. The molecule has 0 saturated carbocycles. The van der Waals surface area contributed by atoms with E-state index in [0.29, 0.717) is 5.56 Å². The van der Waals surface area contributed by atoms with Crippen molar-refractivity contribution in [1.29, 1.82) is 0 Å². The Balaban J connectivity index is 2.59. The predicted octanol–water partition coefficient (Wildman–Crippen LogP) is 1.36. The number of nitrogens with two attached hydrogens (primary N) is 1. The summed E-state index contributed by atoms with van der Waals surface area (Å²) in [5, 5.41) is 8.72. The molecule has 0 radical (unpaired) electrons. The maximum atomic E-state index is 13.1. The molecule has 0 saturated heterocycles. The van der Waals surface area contributed by atoms with Gasteiger partial charge in [0.05, 0.1) is 0 Å². The smallest absolute Gasteiger partial charge is 0.129 e. The van der Waals surface area contributed by atoms with Crippen LogP contribution in [0.2, 0.25) is 0 Å². The molecule has 0 fully saturated rings. The summed E-state index contributed by atoms with van der Waals surface area (Å²) in [4.78, 5) is 0. The summed E-state index contributed by atoms with van der Waals surface area (Å²) in [6.07, 6.45) is -2.31. The minimum absolute atomic E-state index is 0.0516. The van der Waals surface area contributed by atoms with E-state index >= 15 is 0 Å². The largest absolute Gasteiger partial charge is 0.379 e. The fourth-order valence-corrected chi connectivity index (χ4v) is 1.01. The first-order valence-corrected chi connectivity index (χ1v) is 3.83. The van der Waals surface area contributed by atoms with Crippen LogP contribution in [0.25, 0.3) is 0 Å². The van der Waals surface area contributed by atoms with Crippen LogP contribution in [0.4, 0.5) is 4.39 Å². The molecule has 0 amide bonds. The molecule has 0 bridgehead atoms. The summed E-state index contributed by atoms with van der Waals surface area (Å²) in [7, 11) is 0. The SMILES string of the molecule is NC(O)CC(F)c1ccccc1. The van der Waals surface area contributed by atoms with E-state index in [1.54, 1.807) is 24.3 Å². The van der Waals surface area contributed by atoms with Crippen molar-refractivity contribution in [1.82, 2.24) is 0 Å². The Kier molecular flexibility index (Phi) is 3.19. The third kappa shape index (κ3) is 2.60. The molecule has 0 aliphatic heterocycles. The number of benzene rings is 1. The third-order valence-corrected chi connectivity index (χ3v) is 1.61. The van der Waals surface area contributed by atoms with Crippen molar-refractivity contribution in [3.63, 3.8) is 0 Å². The number of aliphatic hydroxyl groups excluding tert-OH is 1. The lowest BCUT2D eigenvalue weighted by Crippen LogP contribution is -2.20. The van der Waals surface area contributed by atoms with Gasteiger partial charge in [-0.25, -0.2) is 4.39 Å². The fraction of sp³-hybridized carbons (Fsp3) is 0.333. The average molecular weight is 169 g/mol. The molecular weight excluding hydrogens is 157 g/mol. The molecule has 2 nitrogen and oxygen atoms in total. The van der Waals surface area contributed by atoms with Gasteiger partial charge in [0.25, 0.3) is 0 Å². The average Bonchev–Trinajstić information content (AvgIpc) is 2.05. The standard InChI is InChI=1S/C9H12FNO/c10-8(6-9(11)12)7-4-2-1-3-5-7/h1-5,8-9,12H,6,11H2. The van der Waals surface area contributed by atoms with Crippen molar-refractivity contribution in [3.8, 4) is 0 Å². The molecule has 1 aromatic rings. The lowest BCUT2D eigenvalue weighted by molar-refractivity contribution is 0.132. The fourth-order valence-electron chi connectivity index (χ4n) is 1.01. The van der Waals surface area contributed by atoms with Crippen LogP contribution in [0.3, 0.4) is 0 Å². The molecule has 1 rings (SSSR count). The van der Waals surface area contributed by atoms with Crippen molar-refractivity contribution in [2.75, 3.05) is 0 Å². The summed E-state index contributed by atoms with van der Waals surface area (Å²) in [5.41, 5.74) is 5.60. The van der Waals surface area contributed by atoms with E-state index in [1.165, 1.54) is 0 Å². The van der Waals surface area contributed by atoms with Crippen LogP contribution in [-0.4, -0.2) is 11.3 Å². The van der Waals surface area contributed by atoms with Crippen molar-refractivity contribution in [2.24, 2.45) is 5.73 Å². The molecule has 0 heterocycles. The number of rotatable bonds is 3. The van der Waals surface area contributed by atoms with Gasteiger partial charge in [-0.1, -0.05) is 30.3 Å². The normalized spacial score (nSPS) is 15.6. The Morgan fingerprint density at radius 2 is 1.92 bits per heavy atom. The first kappa shape index (κ1) is 9.16. The van der Waals surface area contributed by atoms with E-state index < -0.39 is 12.4 Å². The van der Waals surface area contributed by atoms with Crippen molar-refractivity contribution in [3.05, 3.63) is 35.9 Å². The number of hydrogen-bond donors (Lipinski definition) is 2. The quantitative estimate of drug-likeness (QED) is 0.671. The van der Waals surface area contributed by atoms with Gasteiger partial charge in [0.1, 0.15) is 12.4 Å². The number of alkyl halides is 1. The van der Waals surface area contributed by atoms with Crippen molar-refractivity contribution in [2.45, 2.75) is 18.8 Å². The zero-order valence-electron chi connectivity index (χ0n) is 6.65. The highest BCUT2D eigenvalue weighted by atomic mass is 19.1. The Hall–Kier alpha value is -0.930. The lowest BCUT2D eigenvalue weighted by atomic mass is 10.1. The predicted molar refractivity (Wildman–Crippen MR) is 45.1 cm³/mol. The molecule has 3 N–H and O–H groups in total. The molecule has 66 valence electrons. The molecule has 0 spiro atoms. The van der Waals surface area contributed by atoms with Gasteiger partial charge in [0.2, 0.25) is 0 Å². The maximum absolute atomic E-state index is 13.1. The molecule has 1 aromatic carbocycles. The number of halogens is 1. The van der Waals surface area contributed by atoms with E-state index in [4.69, 9.17) is 10.8 Å². The van der Waals surface area contributed by atoms with Gasteiger partial charge in [-0.2, -0.15) is 0 Å². The van der Waals surface area contributed by atoms with Gasteiger partial charge in [0.15, 0.2) is 0 Å².